The van der Waals surface area contributed by atoms with Gasteiger partial charge < -0.3 is 30.3 Å². The molecule has 0 bridgehead atoms. The van der Waals surface area contributed by atoms with Crippen molar-refractivity contribution in [1.82, 2.24) is 0 Å². The van der Waals surface area contributed by atoms with Gasteiger partial charge in [-0.15, -0.1) is 0 Å². The summed E-state index contributed by atoms with van der Waals surface area (Å²) in [6.07, 6.45) is 0.853. The quantitative estimate of drug-likeness (QED) is 0.0448. The SMILES string of the molecule is C.C.C.C.C=C(C)C(=O)Nc1ccc(N=[N+]=[N-])cc1.C=C(C)C(=O)OCCO.CCC(C)(CC(C)C(=O)Nc1ccc(N=[N+]=[N-])cc1)C(=O)OCCO. The summed E-state index contributed by atoms with van der Waals surface area (Å²) in [5.74, 6) is -1.73. The first-order chi connectivity index (χ1) is 23.2. The third kappa shape index (κ3) is 23.4. The summed E-state index contributed by atoms with van der Waals surface area (Å²) in [5, 5.41) is 29.3. The molecule has 2 aromatic rings. The van der Waals surface area contributed by atoms with E-state index in [0.29, 0.717) is 46.7 Å². The molecule has 0 aromatic heterocycles. The number of nitrogens with zero attached hydrogens (tertiary/aromatic N) is 6. The van der Waals surface area contributed by atoms with Crippen molar-refractivity contribution in [1.29, 1.82) is 0 Å². The number of hydrogen-bond donors (Lipinski definition) is 4. The Balaban J connectivity index is -0.000000235. The molecule has 0 aliphatic carbocycles. The van der Waals surface area contributed by atoms with Crippen LogP contribution in [0.4, 0.5) is 22.7 Å². The second-order valence-electron chi connectivity index (χ2n) is 10.7. The summed E-state index contributed by atoms with van der Waals surface area (Å²) in [4.78, 5) is 51.6. The summed E-state index contributed by atoms with van der Waals surface area (Å²) in [6, 6.07) is 13.0. The second kappa shape index (κ2) is 31.1. The minimum atomic E-state index is -0.794. The van der Waals surface area contributed by atoms with Crippen LogP contribution in [0.15, 0.2) is 83.1 Å². The van der Waals surface area contributed by atoms with Crippen molar-refractivity contribution < 1.29 is 38.9 Å². The Bertz CT molecular complexity index is 1520. The molecule has 296 valence electrons. The molecule has 2 atom stereocenters. The maximum absolute atomic E-state index is 12.4. The number of benzene rings is 2. The van der Waals surface area contributed by atoms with Gasteiger partial charge in [-0.25, -0.2) is 4.79 Å². The van der Waals surface area contributed by atoms with Gasteiger partial charge in [0.25, 0.3) is 5.91 Å². The first kappa shape index (κ1) is 56.7. The number of carbonyl (C=O) groups excluding carboxylic acids is 4. The number of esters is 2. The van der Waals surface area contributed by atoms with Crippen molar-refractivity contribution in [2.75, 3.05) is 37.1 Å². The van der Waals surface area contributed by atoms with Crippen molar-refractivity contribution in [2.24, 2.45) is 21.6 Å². The number of carbonyl (C=O) groups is 4. The van der Waals surface area contributed by atoms with Crippen LogP contribution >= 0.6 is 0 Å². The Hall–Kier alpha value is -5.66. The smallest absolute Gasteiger partial charge is 0.333 e. The standard InChI is InChI=1S/C17H24N4O4.C10H10N4O.C6H10O3.4CH4/c1-4-17(3,16(24)25-10-9-22)11-12(2)15(23)19-13-5-7-14(8-6-13)20-21-18;1-7(2)10(15)12-8-3-5-9(6-4-8)13-14-11;1-5(2)6(8)9-4-3-7;;;;/h5-8,12,22H,4,9-11H2,1-3H3,(H,19,23);3-6H,1H2,2H3,(H,12,15);7H,1,3-4H2,2H3;4*1H4. The lowest BCUT2D eigenvalue weighted by Gasteiger charge is -2.28. The summed E-state index contributed by atoms with van der Waals surface area (Å²) in [7, 11) is 0. The zero-order valence-electron chi connectivity index (χ0n) is 28.4. The van der Waals surface area contributed by atoms with Crippen LogP contribution in [-0.4, -0.2) is 60.4 Å². The molecule has 0 aliphatic rings. The fourth-order valence-corrected chi connectivity index (χ4v) is 3.54. The largest absolute Gasteiger partial charge is 0.463 e. The molecule has 0 spiro atoms. The summed E-state index contributed by atoms with van der Waals surface area (Å²) < 4.78 is 9.49. The molecule has 4 N–H and O–H groups in total. The lowest BCUT2D eigenvalue weighted by atomic mass is 9.79. The number of anilines is 2. The highest BCUT2D eigenvalue weighted by Crippen LogP contribution is 2.32. The zero-order valence-corrected chi connectivity index (χ0v) is 28.4. The Kier molecular flexibility index (Phi) is 33.3. The maximum Gasteiger partial charge on any atom is 0.333 e. The van der Waals surface area contributed by atoms with E-state index in [0.717, 1.165) is 0 Å². The highest BCUT2D eigenvalue weighted by atomic mass is 16.5. The Morgan fingerprint density at radius 1 is 0.792 bits per heavy atom. The minimum absolute atomic E-state index is 0. The fraction of sp³-hybridized carbons (Fsp3) is 0.459. The summed E-state index contributed by atoms with van der Waals surface area (Å²) in [6.45, 7) is 15.0. The number of ether oxygens (including phenoxy) is 2. The van der Waals surface area contributed by atoms with Gasteiger partial charge >= 0.3 is 11.9 Å². The minimum Gasteiger partial charge on any atom is -0.463 e. The number of aliphatic hydroxyl groups excluding tert-OH is 2. The van der Waals surface area contributed by atoms with E-state index in [1.807, 2.05) is 6.92 Å². The first-order valence-electron chi connectivity index (χ1n) is 15.0. The molecule has 2 unspecified atom stereocenters. The highest BCUT2D eigenvalue weighted by Gasteiger charge is 2.36. The van der Waals surface area contributed by atoms with Crippen LogP contribution in [-0.2, 0) is 28.7 Å². The molecule has 53 heavy (non-hydrogen) atoms. The summed E-state index contributed by atoms with van der Waals surface area (Å²) >= 11 is 0. The Morgan fingerprint density at radius 2 is 1.21 bits per heavy atom. The zero-order chi connectivity index (χ0) is 37.4. The molecular formula is C37H60N8O8. The van der Waals surface area contributed by atoms with Crippen LogP contribution < -0.4 is 10.6 Å². The number of azide groups is 2. The van der Waals surface area contributed by atoms with Crippen LogP contribution in [0.5, 0.6) is 0 Å². The third-order valence-electron chi connectivity index (χ3n) is 6.44. The van der Waals surface area contributed by atoms with Gasteiger partial charge in [0.15, 0.2) is 0 Å². The van der Waals surface area contributed by atoms with Gasteiger partial charge in [0.1, 0.15) is 13.2 Å². The van der Waals surface area contributed by atoms with Gasteiger partial charge in [0.2, 0.25) is 5.91 Å². The number of amides is 2. The van der Waals surface area contributed by atoms with Crippen LogP contribution in [0.25, 0.3) is 20.9 Å². The molecule has 0 aliphatic heterocycles. The van der Waals surface area contributed by atoms with E-state index >= 15 is 0 Å². The Labute approximate surface area is 314 Å². The lowest BCUT2D eigenvalue weighted by Crippen LogP contribution is -2.35. The molecule has 0 saturated carbocycles. The van der Waals surface area contributed by atoms with E-state index in [1.165, 1.54) is 0 Å². The van der Waals surface area contributed by atoms with E-state index in [9.17, 15) is 19.2 Å². The molecule has 0 fully saturated rings. The van der Waals surface area contributed by atoms with Gasteiger partial charge in [0, 0.05) is 49.6 Å². The van der Waals surface area contributed by atoms with Crippen LogP contribution in [0.2, 0.25) is 0 Å². The number of rotatable bonds is 15. The van der Waals surface area contributed by atoms with Gasteiger partial charge in [0.05, 0.1) is 18.6 Å². The molecule has 0 saturated heterocycles. The predicted molar refractivity (Wildman–Crippen MR) is 213 cm³/mol. The second-order valence-corrected chi connectivity index (χ2v) is 10.7. The van der Waals surface area contributed by atoms with E-state index in [1.54, 1.807) is 76.2 Å². The van der Waals surface area contributed by atoms with Crippen LogP contribution in [0.1, 0.15) is 77.2 Å². The third-order valence-corrected chi connectivity index (χ3v) is 6.44. The molecule has 16 heteroatoms. The Morgan fingerprint density at radius 3 is 1.57 bits per heavy atom. The van der Waals surface area contributed by atoms with E-state index < -0.39 is 23.3 Å². The predicted octanol–water partition coefficient (Wildman–Crippen LogP) is 9.33. The monoisotopic (exact) mass is 744 g/mol. The van der Waals surface area contributed by atoms with Crippen molar-refractivity contribution in [3.05, 3.63) is 93.7 Å². The molecule has 2 rings (SSSR count). The highest BCUT2D eigenvalue weighted by molar-refractivity contribution is 6.02. The van der Waals surface area contributed by atoms with Crippen molar-refractivity contribution in [3.63, 3.8) is 0 Å². The number of aliphatic hydroxyl groups is 2. The van der Waals surface area contributed by atoms with Crippen molar-refractivity contribution in [2.45, 2.75) is 77.2 Å². The van der Waals surface area contributed by atoms with Gasteiger partial charge in [-0.3, -0.25) is 14.4 Å². The van der Waals surface area contributed by atoms with Gasteiger partial charge in [-0.05, 0) is 68.9 Å². The van der Waals surface area contributed by atoms with E-state index in [2.05, 4.69) is 48.6 Å². The average molecular weight is 745 g/mol. The van der Waals surface area contributed by atoms with Crippen LogP contribution in [0, 0.1) is 11.3 Å². The number of nitrogens with one attached hydrogen (secondary N) is 2. The molecule has 0 radical (unpaired) electrons. The topological polar surface area (TPSA) is 249 Å². The number of hydrogen-bond acceptors (Lipinski definition) is 10. The lowest BCUT2D eigenvalue weighted by molar-refractivity contribution is -0.157. The summed E-state index contributed by atoms with van der Waals surface area (Å²) in [5.41, 5.74) is 18.7. The fourth-order valence-electron chi connectivity index (χ4n) is 3.54. The van der Waals surface area contributed by atoms with Gasteiger partial charge in [-0.1, -0.05) is 91.2 Å². The van der Waals surface area contributed by atoms with Crippen molar-refractivity contribution in [3.8, 4) is 0 Å². The van der Waals surface area contributed by atoms with E-state index in [-0.39, 0.29) is 67.9 Å². The molecule has 16 nitrogen and oxygen atoms in total. The normalized spacial score (nSPS) is 10.5. The average Bonchev–Trinajstić information content (AvgIpc) is 3.08. The maximum atomic E-state index is 12.4. The molecule has 2 aromatic carbocycles. The van der Waals surface area contributed by atoms with E-state index in [4.69, 9.17) is 26.0 Å². The molecule has 2 amide bonds. The molecular weight excluding hydrogens is 684 g/mol. The van der Waals surface area contributed by atoms with Crippen LogP contribution in [0.3, 0.4) is 0 Å². The van der Waals surface area contributed by atoms with Gasteiger partial charge in [-0.2, -0.15) is 0 Å². The molecule has 0 heterocycles. The van der Waals surface area contributed by atoms with Crippen molar-refractivity contribution >= 4 is 46.5 Å². The first-order valence-corrected chi connectivity index (χ1v) is 15.0.